The summed E-state index contributed by atoms with van der Waals surface area (Å²) in [6.07, 6.45) is -8.23. The van der Waals surface area contributed by atoms with Gasteiger partial charge in [0.2, 0.25) is 0 Å². The number of carbonyl (C=O) groups is 2. The van der Waals surface area contributed by atoms with Crippen molar-refractivity contribution in [1.29, 1.82) is 0 Å². The van der Waals surface area contributed by atoms with Gasteiger partial charge < -0.3 is 14.5 Å². The van der Waals surface area contributed by atoms with Crippen molar-refractivity contribution in [3.8, 4) is 0 Å². The van der Waals surface area contributed by atoms with Crippen LogP contribution >= 0.6 is 0 Å². The Balaban J connectivity index is 1.69. The number of nitrogens with one attached hydrogen (secondary N) is 1. The molecule has 2 amide bonds. The minimum absolute atomic E-state index is 0.0478. The Morgan fingerprint density at radius 3 is 2.16 bits per heavy atom. The maximum atomic E-state index is 14.0. The molecule has 0 bridgehead atoms. The van der Waals surface area contributed by atoms with Gasteiger partial charge in [-0.1, -0.05) is 6.07 Å². The molecule has 0 aliphatic carbocycles. The minimum Gasteiger partial charge on any atom is -0.468 e. The molecule has 1 spiro atoms. The number of methoxy groups -OCH3 is 1. The number of piperidine rings is 1. The van der Waals surface area contributed by atoms with Crippen molar-refractivity contribution < 1.29 is 45.1 Å². The number of alkyl halides is 6. The Hall–Kier alpha value is -3.35. The van der Waals surface area contributed by atoms with E-state index in [4.69, 9.17) is 4.74 Å². The Labute approximate surface area is 245 Å². The average molecular weight is 618 g/mol. The Morgan fingerprint density at radius 2 is 1.63 bits per heavy atom. The SMILES string of the molecule is COC(=O)[C@@]1(C)CC[C@@]2(CCN(C(=O)N(C)[C@H](C)c3cc(C(F)(F)F)cc(C(F)(F)F)c3)[C@@H](c3ccc(F)cc3C)C2)N1. The molecule has 2 aromatic carbocycles. The summed E-state index contributed by atoms with van der Waals surface area (Å²) >= 11 is 0. The number of benzene rings is 2. The van der Waals surface area contributed by atoms with Crippen LogP contribution in [-0.2, 0) is 21.9 Å². The molecule has 2 fully saturated rings. The third kappa shape index (κ3) is 6.46. The number of likely N-dealkylation sites (tertiary alicyclic amines) is 1. The molecule has 2 heterocycles. The zero-order valence-corrected chi connectivity index (χ0v) is 24.4. The second kappa shape index (κ2) is 11.3. The predicted octanol–water partition coefficient (Wildman–Crippen LogP) is 7.18. The lowest BCUT2D eigenvalue weighted by molar-refractivity contribution is -0.148. The zero-order valence-electron chi connectivity index (χ0n) is 24.4. The molecule has 0 saturated carbocycles. The number of esters is 1. The van der Waals surface area contributed by atoms with E-state index in [-0.39, 0.29) is 18.2 Å². The largest absolute Gasteiger partial charge is 0.468 e. The predicted molar refractivity (Wildman–Crippen MR) is 143 cm³/mol. The quantitative estimate of drug-likeness (QED) is 0.292. The van der Waals surface area contributed by atoms with Crippen LogP contribution in [0.25, 0.3) is 0 Å². The molecule has 0 aromatic heterocycles. The van der Waals surface area contributed by atoms with E-state index >= 15 is 0 Å². The number of hydrogen-bond donors (Lipinski definition) is 1. The van der Waals surface area contributed by atoms with Crippen molar-refractivity contribution in [2.75, 3.05) is 20.7 Å². The highest BCUT2D eigenvalue weighted by molar-refractivity contribution is 5.81. The van der Waals surface area contributed by atoms with Crippen LogP contribution < -0.4 is 5.32 Å². The lowest BCUT2D eigenvalue weighted by atomic mass is 9.79. The van der Waals surface area contributed by atoms with E-state index in [1.54, 1.807) is 19.9 Å². The van der Waals surface area contributed by atoms with Gasteiger partial charge in [0, 0.05) is 19.1 Å². The van der Waals surface area contributed by atoms with Gasteiger partial charge in [-0.3, -0.25) is 10.1 Å². The van der Waals surface area contributed by atoms with Crippen molar-refractivity contribution in [3.05, 3.63) is 70.0 Å². The lowest BCUT2D eigenvalue weighted by Crippen LogP contribution is -2.59. The van der Waals surface area contributed by atoms with E-state index < -0.39 is 64.5 Å². The topological polar surface area (TPSA) is 61.9 Å². The molecule has 2 aromatic rings. The van der Waals surface area contributed by atoms with E-state index in [9.17, 15) is 40.3 Å². The Bertz CT molecular complexity index is 1360. The van der Waals surface area contributed by atoms with Gasteiger partial charge in [0.05, 0.1) is 30.3 Å². The van der Waals surface area contributed by atoms with Crippen molar-refractivity contribution in [1.82, 2.24) is 15.1 Å². The molecule has 6 nitrogen and oxygen atoms in total. The number of urea groups is 1. The molecular formula is C30H34F7N3O3. The monoisotopic (exact) mass is 617 g/mol. The highest BCUT2D eigenvalue weighted by Gasteiger charge is 2.53. The van der Waals surface area contributed by atoms with Crippen LogP contribution in [0.3, 0.4) is 0 Å². The highest BCUT2D eigenvalue weighted by Crippen LogP contribution is 2.46. The van der Waals surface area contributed by atoms with E-state index in [0.717, 1.165) is 4.90 Å². The normalized spacial score (nSPS) is 25.1. The summed E-state index contributed by atoms with van der Waals surface area (Å²) in [7, 11) is 2.62. The molecule has 236 valence electrons. The smallest absolute Gasteiger partial charge is 0.416 e. The van der Waals surface area contributed by atoms with Gasteiger partial charge in [-0.05, 0) is 93.5 Å². The molecule has 13 heteroatoms. The molecule has 2 aliphatic rings. The second-order valence-corrected chi connectivity index (χ2v) is 11.8. The van der Waals surface area contributed by atoms with Gasteiger partial charge in [0.15, 0.2) is 0 Å². The van der Waals surface area contributed by atoms with Crippen LogP contribution in [0.15, 0.2) is 36.4 Å². The van der Waals surface area contributed by atoms with Crippen LogP contribution in [0.1, 0.15) is 79.4 Å². The molecular weight excluding hydrogens is 583 g/mol. The van der Waals surface area contributed by atoms with Crippen molar-refractivity contribution in [3.63, 3.8) is 0 Å². The first-order valence-electron chi connectivity index (χ1n) is 13.8. The van der Waals surface area contributed by atoms with Crippen LogP contribution in [0, 0.1) is 12.7 Å². The fraction of sp³-hybridized carbons (Fsp3) is 0.533. The summed E-state index contributed by atoms with van der Waals surface area (Å²) in [6.45, 7) is 4.95. The van der Waals surface area contributed by atoms with Crippen LogP contribution in [-0.4, -0.2) is 53.6 Å². The maximum Gasteiger partial charge on any atom is 0.416 e. The molecule has 1 N–H and O–H groups in total. The number of hydrogen-bond acceptors (Lipinski definition) is 4. The summed E-state index contributed by atoms with van der Waals surface area (Å²) in [5, 5.41) is 3.43. The number of amides is 2. The van der Waals surface area contributed by atoms with E-state index in [0.29, 0.717) is 48.9 Å². The first kappa shape index (κ1) is 32.6. The van der Waals surface area contributed by atoms with Gasteiger partial charge >= 0.3 is 24.4 Å². The summed E-state index contributed by atoms with van der Waals surface area (Å²) in [4.78, 5) is 29.1. The number of rotatable bonds is 4. The van der Waals surface area contributed by atoms with E-state index in [1.165, 1.54) is 38.1 Å². The first-order valence-corrected chi connectivity index (χ1v) is 13.8. The summed E-state index contributed by atoms with van der Waals surface area (Å²) in [6, 6.07) is 3.04. The Morgan fingerprint density at radius 1 is 1.02 bits per heavy atom. The van der Waals surface area contributed by atoms with Gasteiger partial charge in [-0.25, -0.2) is 9.18 Å². The van der Waals surface area contributed by atoms with Crippen molar-refractivity contribution in [2.45, 2.75) is 82.0 Å². The minimum atomic E-state index is -5.03. The third-order valence-electron chi connectivity index (χ3n) is 8.88. The number of ether oxygens (including phenoxy) is 1. The third-order valence-corrected chi connectivity index (χ3v) is 8.88. The molecule has 4 rings (SSSR count). The molecule has 2 aliphatic heterocycles. The summed E-state index contributed by atoms with van der Waals surface area (Å²) < 4.78 is 100. The molecule has 0 unspecified atom stereocenters. The van der Waals surface area contributed by atoms with Crippen molar-refractivity contribution >= 4 is 12.0 Å². The molecule has 43 heavy (non-hydrogen) atoms. The number of carbonyl (C=O) groups excluding carboxylic acids is 2. The molecule has 2 saturated heterocycles. The van der Waals surface area contributed by atoms with Gasteiger partial charge in [-0.2, -0.15) is 26.3 Å². The fourth-order valence-corrected chi connectivity index (χ4v) is 6.32. The van der Waals surface area contributed by atoms with Crippen LogP contribution in [0.4, 0.5) is 35.5 Å². The van der Waals surface area contributed by atoms with Crippen LogP contribution in [0.5, 0.6) is 0 Å². The second-order valence-electron chi connectivity index (χ2n) is 11.8. The zero-order chi connectivity index (χ0) is 32.1. The maximum absolute atomic E-state index is 14.0. The van der Waals surface area contributed by atoms with E-state index in [2.05, 4.69) is 5.32 Å². The van der Waals surface area contributed by atoms with Gasteiger partial charge in [0.1, 0.15) is 11.4 Å². The average Bonchev–Trinajstić information content (AvgIpc) is 3.26. The highest BCUT2D eigenvalue weighted by atomic mass is 19.4. The summed E-state index contributed by atoms with van der Waals surface area (Å²) in [5.41, 5.74) is -3.57. The van der Waals surface area contributed by atoms with Gasteiger partial charge in [0.25, 0.3) is 0 Å². The summed E-state index contributed by atoms with van der Waals surface area (Å²) in [5.74, 6) is -0.900. The Kier molecular flexibility index (Phi) is 8.55. The number of nitrogens with zero attached hydrogens (tertiary/aromatic N) is 2. The van der Waals surface area contributed by atoms with Crippen LogP contribution in [0.2, 0.25) is 0 Å². The fourth-order valence-electron chi connectivity index (χ4n) is 6.32. The number of halogens is 7. The molecule has 4 atom stereocenters. The molecule has 0 radical (unpaired) electrons. The lowest BCUT2D eigenvalue weighted by Gasteiger charge is -2.48. The number of aryl methyl sites for hydroxylation is 1. The standard InChI is InChI=1S/C30H34F7N3O3/c1-17-12-22(31)6-7-23(17)24-16-28(9-8-27(3,38-28)25(41)43-5)10-11-40(24)26(42)39(4)18(2)19-13-20(29(32,33)34)15-21(14-19)30(35,36)37/h6-7,12-15,18,24,38H,8-11,16H2,1-5H3/t18-,24-,27-,28+/m1/s1. The van der Waals surface area contributed by atoms with E-state index in [1.807, 2.05) is 0 Å². The van der Waals surface area contributed by atoms with Gasteiger partial charge in [-0.15, -0.1) is 0 Å². The van der Waals surface area contributed by atoms with Crippen molar-refractivity contribution in [2.24, 2.45) is 0 Å². The first-order chi connectivity index (χ1) is 19.8.